The number of aryl methyl sites for hydroxylation is 2. The number of benzene rings is 2. The van der Waals surface area contributed by atoms with Gasteiger partial charge in [-0.15, -0.1) is 5.10 Å². The highest BCUT2D eigenvalue weighted by Crippen LogP contribution is 2.24. The third-order valence-corrected chi connectivity index (χ3v) is 4.97. The molecule has 0 saturated heterocycles. The second kappa shape index (κ2) is 6.76. The number of hydrogen-bond acceptors (Lipinski definition) is 6. The molecule has 0 aliphatic heterocycles. The van der Waals surface area contributed by atoms with E-state index < -0.39 is 0 Å². The molecule has 6 nitrogen and oxygen atoms in total. The number of nitrogens with zero attached hydrogens (tertiary/aromatic N) is 4. The van der Waals surface area contributed by atoms with E-state index in [4.69, 9.17) is 4.42 Å². The van der Waals surface area contributed by atoms with Gasteiger partial charge in [0.2, 0.25) is 10.9 Å². The highest BCUT2D eigenvalue weighted by atomic mass is 32.2. The fraction of sp³-hybridized carbons (Fsp3) is 0.158. The number of carbonyl (C=O) groups excluding carboxylic acids is 1. The lowest BCUT2D eigenvalue weighted by molar-refractivity contribution is 0.0994. The van der Waals surface area contributed by atoms with Crippen LogP contribution in [0.5, 0.6) is 0 Å². The number of aromatic nitrogens is 4. The fourth-order valence-corrected chi connectivity index (χ4v) is 3.54. The third-order valence-electron chi connectivity index (χ3n) is 4.05. The number of hydrogen-bond donors (Lipinski definition) is 0. The van der Waals surface area contributed by atoms with Gasteiger partial charge in [0.05, 0.1) is 11.4 Å². The van der Waals surface area contributed by atoms with Gasteiger partial charge >= 0.3 is 0 Å². The lowest BCUT2D eigenvalue weighted by Crippen LogP contribution is -2.05. The quantitative estimate of drug-likeness (QED) is 0.394. The molecule has 0 aliphatic carbocycles. The summed E-state index contributed by atoms with van der Waals surface area (Å²) in [5.74, 6) is 0.455. The Balaban J connectivity index is 1.53. The largest absolute Gasteiger partial charge is 0.453 e. The summed E-state index contributed by atoms with van der Waals surface area (Å²) in [6, 6.07) is 15.4. The zero-order valence-electron chi connectivity index (χ0n) is 14.3. The maximum atomic E-state index is 12.5. The molecule has 0 spiro atoms. The standard InChI is InChI=1S/C19H16N4O2S/c1-12-7-8-15(13(2)9-12)23-19(20-21-22-23)26-11-16(24)18-10-14-5-3-4-6-17(14)25-18/h3-10H,11H2,1-2H3. The highest BCUT2D eigenvalue weighted by molar-refractivity contribution is 7.99. The smallest absolute Gasteiger partial charge is 0.214 e. The van der Waals surface area contributed by atoms with E-state index in [0.717, 1.165) is 16.6 Å². The van der Waals surface area contributed by atoms with Crippen LogP contribution >= 0.6 is 11.8 Å². The topological polar surface area (TPSA) is 73.8 Å². The summed E-state index contributed by atoms with van der Waals surface area (Å²) in [6.45, 7) is 4.05. The molecule has 7 heteroatoms. The Morgan fingerprint density at radius 2 is 2.00 bits per heavy atom. The van der Waals surface area contributed by atoms with Crippen LogP contribution in [0.4, 0.5) is 0 Å². The second-order valence-corrected chi connectivity index (χ2v) is 6.97. The Morgan fingerprint density at radius 1 is 1.15 bits per heavy atom. The van der Waals surface area contributed by atoms with Crippen LogP contribution < -0.4 is 0 Å². The molecule has 2 aromatic carbocycles. The highest BCUT2D eigenvalue weighted by Gasteiger charge is 2.16. The molecule has 0 saturated carbocycles. The van der Waals surface area contributed by atoms with E-state index in [-0.39, 0.29) is 11.5 Å². The lowest BCUT2D eigenvalue weighted by atomic mass is 10.1. The van der Waals surface area contributed by atoms with Gasteiger partial charge in [0, 0.05) is 5.39 Å². The molecule has 0 amide bonds. The van der Waals surface area contributed by atoms with E-state index in [1.807, 2.05) is 50.2 Å². The first-order valence-electron chi connectivity index (χ1n) is 8.12. The average molecular weight is 364 g/mol. The minimum atomic E-state index is -0.0959. The van der Waals surface area contributed by atoms with Gasteiger partial charge in [-0.2, -0.15) is 4.68 Å². The Hall–Kier alpha value is -2.93. The van der Waals surface area contributed by atoms with E-state index in [1.54, 1.807) is 10.7 Å². The Bertz CT molecular complexity index is 1070. The fourth-order valence-electron chi connectivity index (χ4n) is 2.78. The van der Waals surface area contributed by atoms with E-state index in [9.17, 15) is 4.79 Å². The van der Waals surface area contributed by atoms with Crippen molar-refractivity contribution in [1.82, 2.24) is 20.2 Å². The van der Waals surface area contributed by atoms with Gasteiger partial charge in [0.15, 0.2) is 5.76 Å². The number of thioether (sulfide) groups is 1. The zero-order chi connectivity index (χ0) is 18.1. The lowest BCUT2D eigenvalue weighted by Gasteiger charge is -2.07. The number of rotatable bonds is 5. The van der Waals surface area contributed by atoms with E-state index in [0.29, 0.717) is 16.5 Å². The van der Waals surface area contributed by atoms with Crippen LogP contribution in [0, 0.1) is 13.8 Å². The van der Waals surface area contributed by atoms with Gasteiger partial charge in [-0.1, -0.05) is 47.7 Å². The third kappa shape index (κ3) is 3.13. The Kier molecular flexibility index (Phi) is 4.30. The van der Waals surface area contributed by atoms with Crippen LogP contribution in [-0.4, -0.2) is 31.7 Å². The molecule has 0 radical (unpaired) electrons. The minimum Gasteiger partial charge on any atom is -0.453 e. The average Bonchev–Trinajstić information content (AvgIpc) is 3.26. The molecule has 2 aromatic heterocycles. The van der Waals surface area contributed by atoms with Crippen LogP contribution in [0.2, 0.25) is 0 Å². The van der Waals surface area contributed by atoms with Crippen LogP contribution in [0.1, 0.15) is 21.7 Å². The first-order valence-corrected chi connectivity index (χ1v) is 9.11. The van der Waals surface area contributed by atoms with Crippen molar-refractivity contribution < 1.29 is 9.21 Å². The van der Waals surface area contributed by atoms with Crippen molar-refractivity contribution in [2.75, 3.05) is 5.75 Å². The monoisotopic (exact) mass is 364 g/mol. The molecule has 0 unspecified atom stereocenters. The summed E-state index contributed by atoms with van der Waals surface area (Å²) in [4.78, 5) is 12.5. The van der Waals surface area contributed by atoms with Crippen LogP contribution in [0.25, 0.3) is 16.7 Å². The molecule has 4 rings (SSSR count). The summed E-state index contributed by atoms with van der Waals surface area (Å²) in [7, 11) is 0. The second-order valence-electron chi connectivity index (χ2n) is 6.02. The minimum absolute atomic E-state index is 0.0959. The molecule has 0 N–H and O–H groups in total. The van der Waals surface area contributed by atoms with E-state index in [2.05, 4.69) is 21.6 Å². The van der Waals surface area contributed by atoms with Gasteiger partial charge in [-0.3, -0.25) is 4.79 Å². The summed E-state index contributed by atoms with van der Waals surface area (Å²) in [5.41, 5.74) is 3.86. The number of fused-ring (bicyclic) bond motifs is 1. The van der Waals surface area contributed by atoms with Crippen molar-refractivity contribution in [3.63, 3.8) is 0 Å². The number of para-hydroxylation sites is 1. The van der Waals surface area contributed by atoms with Crippen LogP contribution in [-0.2, 0) is 0 Å². The number of ketones is 1. The van der Waals surface area contributed by atoms with Gasteiger partial charge in [-0.05, 0) is 48.0 Å². The Morgan fingerprint density at radius 3 is 2.81 bits per heavy atom. The van der Waals surface area contributed by atoms with Gasteiger partial charge in [0.1, 0.15) is 5.58 Å². The molecule has 0 aliphatic rings. The molecular formula is C19H16N4O2S. The summed E-state index contributed by atoms with van der Waals surface area (Å²) >= 11 is 1.29. The van der Waals surface area contributed by atoms with Crippen molar-refractivity contribution in [2.24, 2.45) is 0 Å². The maximum Gasteiger partial charge on any atom is 0.214 e. The zero-order valence-corrected chi connectivity index (χ0v) is 15.2. The summed E-state index contributed by atoms with van der Waals surface area (Å²) < 4.78 is 7.28. The van der Waals surface area contributed by atoms with Crippen molar-refractivity contribution in [2.45, 2.75) is 19.0 Å². The normalized spacial score (nSPS) is 11.2. The van der Waals surface area contributed by atoms with Crippen molar-refractivity contribution in [3.05, 3.63) is 65.4 Å². The molecule has 26 heavy (non-hydrogen) atoms. The number of carbonyl (C=O) groups is 1. The SMILES string of the molecule is Cc1ccc(-n2nnnc2SCC(=O)c2cc3ccccc3o2)c(C)c1. The van der Waals surface area contributed by atoms with Crippen LogP contribution in [0.15, 0.2) is 58.1 Å². The Labute approximate surface area is 154 Å². The molecule has 0 atom stereocenters. The molecule has 0 fully saturated rings. The van der Waals surface area contributed by atoms with Gasteiger partial charge in [-0.25, -0.2) is 0 Å². The number of furan rings is 1. The number of tetrazole rings is 1. The van der Waals surface area contributed by atoms with E-state index in [1.165, 1.54) is 17.3 Å². The van der Waals surface area contributed by atoms with E-state index >= 15 is 0 Å². The van der Waals surface area contributed by atoms with Crippen LogP contribution in [0.3, 0.4) is 0 Å². The molecule has 130 valence electrons. The summed E-state index contributed by atoms with van der Waals surface area (Å²) in [6.07, 6.45) is 0. The maximum absolute atomic E-state index is 12.5. The first-order chi connectivity index (χ1) is 12.6. The van der Waals surface area contributed by atoms with Crippen molar-refractivity contribution in [1.29, 1.82) is 0 Å². The molecular weight excluding hydrogens is 348 g/mol. The molecule has 2 heterocycles. The predicted molar refractivity (Wildman–Crippen MR) is 99.9 cm³/mol. The van der Waals surface area contributed by atoms with Gasteiger partial charge < -0.3 is 4.42 Å². The summed E-state index contributed by atoms with van der Waals surface area (Å²) in [5, 5.41) is 13.4. The predicted octanol–water partition coefficient (Wildman–Crippen LogP) is 4.00. The number of Topliss-reactive ketones (excluding diaryl/α,β-unsaturated/α-hetero) is 1. The molecule has 0 bridgehead atoms. The van der Waals surface area contributed by atoms with Crippen molar-refractivity contribution in [3.8, 4) is 5.69 Å². The van der Waals surface area contributed by atoms with Gasteiger partial charge in [0.25, 0.3) is 0 Å². The first kappa shape index (κ1) is 16.5. The molecule has 4 aromatic rings. The van der Waals surface area contributed by atoms with Crippen molar-refractivity contribution >= 4 is 28.5 Å².